The van der Waals surface area contributed by atoms with Crippen LogP contribution in [0.25, 0.3) is 0 Å². The van der Waals surface area contributed by atoms with Crippen molar-refractivity contribution in [3.63, 3.8) is 0 Å². The Morgan fingerprint density at radius 3 is 2.70 bits per heavy atom. The zero-order chi connectivity index (χ0) is 19.4. The van der Waals surface area contributed by atoms with Gasteiger partial charge in [0.2, 0.25) is 0 Å². The second-order valence-electron chi connectivity index (χ2n) is 6.96. The third kappa shape index (κ3) is 4.27. The van der Waals surface area contributed by atoms with Crippen molar-refractivity contribution in [2.75, 3.05) is 12.4 Å². The van der Waals surface area contributed by atoms with Crippen LogP contribution in [0.5, 0.6) is 0 Å². The maximum absolute atomic E-state index is 12.5. The summed E-state index contributed by atoms with van der Waals surface area (Å²) in [6, 6.07) is 4.98. The molecular weight excluding hydrogens is 344 g/mol. The first-order valence-electron chi connectivity index (χ1n) is 9.29. The molecule has 1 aliphatic rings. The minimum Gasteiger partial charge on any atom is -0.355 e. The second-order valence-corrected chi connectivity index (χ2v) is 6.96. The van der Waals surface area contributed by atoms with Crippen LogP contribution in [0, 0.1) is 6.92 Å². The van der Waals surface area contributed by atoms with E-state index in [4.69, 9.17) is 0 Å². The Bertz CT molecular complexity index is 825. The number of hydrogen-bond donors (Lipinski definition) is 3. The van der Waals surface area contributed by atoms with Gasteiger partial charge in [-0.25, -0.2) is 4.79 Å². The van der Waals surface area contributed by atoms with Crippen LogP contribution in [0.1, 0.15) is 66.4 Å². The van der Waals surface area contributed by atoms with Gasteiger partial charge in [0.25, 0.3) is 5.91 Å². The van der Waals surface area contributed by atoms with Crippen molar-refractivity contribution >= 4 is 17.6 Å². The van der Waals surface area contributed by atoms with Gasteiger partial charge in [0, 0.05) is 24.3 Å². The first-order valence-corrected chi connectivity index (χ1v) is 9.29. The molecule has 27 heavy (non-hydrogen) atoms. The minimum absolute atomic E-state index is 0.198. The molecule has 1 atom stereocenters. The molecule has 144 valence electrons. The van der Waals surface area contributed by atoms with Gasteiger partial charge in [-0.15, -0.1) is 10.2 Å². The Morgan fingerprint density at radius 2 is 2.00 bits per heavy atom. The van der Waals surface area contributed by atoms with E-state index in [0.29, 0.717) is 17.3 Å². The Labute approximate surface area is 158 Å². The molecule has 1 aromatic heterocycles. The van der Waals surface area contributed by atoms with Crippen molar-refractivity contribution in [1.82, 2.24) is 25.4 Å². The van der Waals surface area contributed by atoms with E-state index in [1.807, 2.05) is 13.8 Å². The third-order valence-corrected chi connectivity index (χ3v) is 5.03. The van der Waals surface area contributed by atoms with E-state index in [1.165, 1.54) is 12.8 Å². The van der Waals surface area contributed by atoms with Gasteiger partial charge >= 0.3 is 6.03 Å². The first kappa shape index (κ1) is 18.9. The fourth-order valence-corrected chi connectivity index (χ4v) is 3.49. The van der Waals surface area contributed by atoms with Crippen molar-refractivity contribution in [2.45, 2.75) is 51.6 Å². The lowest BCUT2D eigenvalue weighted by atomic mass is 10.1. The van der Waals surface area contributed by atoms with Crippen LogP contribution in [-0.4, -0.2) is 33.8 Å². The summed E-state index contributed by atoms with van der Waals surface area (Å²) in [5.74, 6) is 0.560. The predicted molar refractivity (Wildman–Crippen MR) is 103 cm³/mol. The standard InChI is InChI=1S/C19H26N6O2/c1-12-8-9-14(18(26)20-3)10-16(12)23-19(27)22-13(2)17-24-21-11-25(17)15-6-4-5-7-15/h8-11,13,15H,4-7H2,1-3H3,(H,20,26)(H2,22,23,27)/t13-/m0/s1. The molecule has 1 aromatic carbocycles. The van der Waals surface area contributed by atoms with Crippen LogP contribution >= 0.6 is 0 Å². The van der Waals surface area contributed by atoms with Gasteiger partial charge in [0.1, 0.15) is 6.33 Å². The quantitative estimate of drug-likeness (QED) is 0.753. The van der Waals surface area contributed by atoms with Crippen molar-refractivity contribution in [2.24, 2.45) is 0 Å². The second kappa shape index (κ2) is 8.20. The largest absolute Gasteiger partial charge is 0.355 e. The van der Waals surface area contributed by atoms with E-state index in [2.05, 4.69) is 30.7 Å². The number of nitrogens with one attached hydrogen (secondary N) is 3. The molecule has 0 aliphatic heterocycles. The Balaban J connectivity index is 1.68. The van der Waals surface area contributed by atoms with Gasteiger partial charge in [-0.3, -0.25) is 4.79 Å². The topological polar surface area (TPSA) is 101 Å². The SMILES string of the molecule is CNC(=O)c1ccc(C)c(NC(=O)N[C@@H](C)c2nncn2C2CCCC2)c1. The zero-order valence-corrected chi connectivity index (χ0v) is 16.0. The fraction of sp³-hybridized carbons (Fsp3) is 0.474. The number of hydrogen-bond acceptors (Lipinski definition) is 4. The molecule has 8 nitrogen and oxygen atoms in total. The summed E-state index contributed by atoms with van der Waals surface area (Å²) in [4.78, 5) is 24.3. The molecular formula is C19H26N6O2. The molecule has 1 aliphatic carbocycles. The molecule has 0 saturated heterocycles. The molecule has 1 heterocycles. The van der Waals surface area contributed by atoms with Crippen LogP contribution in [0.4, 0.5) is 10.5 Å². The van der Waals surface area contributed by atoms with Gasteiger partial charge in [-0.05, 0) is 44.4 Å². The summed E-state index contributed by atoms with van der Waals surface area (Å²) in [5.41, 5.74) is 1.96. The molecule has 0 unspecified atom stereocenters. The minimum atomic E-state index is -0.347. The lowest BCUT2D eigenvalue weighted by Crippen LogP contribution is -2.33. The lowest BCUT2D eigenvalue weighted by molar-refractivity contribution is 0.0963. The Morgan fingerprint density at radius 1 is 1.26 bits per heavy atom. The van der Waals surface area contributed by atoms with Gasteiger partial charge in [-0.2, -0.15) is 0 Å². The number of amides is 3. The summed E-state index contributed by atoms with van der Waals surface area (Å²) in [6.45, 7) is 3.77. The zero-order valence-electron chi connectivity index (χ0n) is 16.0. The highest BCUT2D eigenvalue weighted by Gasteiger charge is 2.23. The molecule has 3 N–H and O–H groups in total. The summed E-state index contributed by atoms with van der Waals surface area (Å²) in [6.07, 6.45) is 6.42. The lowest BCUT2D eigenvalue weighted by Gasteiger charge is -2.19. The number of nitrogens with zero attached hydrogens (tertiary/aromatic N) is 3. The van der Waals surface area contributed by atoms with E-state index in [1.54, 1.807) is 31.6 Å². The van der Waals surface area contributed by atoms with Crippen LogP contribution in [0.3, 0.4) is 0 Å². The summed E-state index contributed by atoms with van der Waals surface area (Å²) < 4.78 is 2.08. The first-order chi connectivity index (χ1) is 13.0. The Kier molecular flexibility index (Phi) is 5.73. The van der Waals surface area contributed by atoms with Gasteiger partial charge in [0.15, 0.2) is 5.82 Å². The van der Waals surface area contributed by atoms with E-state index in [-0.39, 0.29) is 18.0 Å². The fourth-order valence-electron chi connectivity index (χ4n) is 3.49. The maximum atomic E-state index is 12.5. The smallest absolute Gasteiger partial charge is 0.319 e. The molecule has 1 saturated carbocycles. The van der Waals surface area contributed by atoms with Gasteiger partial charge < -0.3 is 20.5 Å². The molecule has 8 heteroatoms. The van der Waals surface area contributed by atoms with Crippen LogP contribution in [-0.2, 0) is 0 Å². The average molecular weight is 370 g/mol. The van der Waals surface area contributed by atoms with Crippen LogP contribution in [0.2, 0.25) is 0 Å². The Hall–Kier alpha value is -2.90. The number of benzene rings is 1. The van der Waals surface area contributed by atoms with E-state index < -0.39 is 0 Å². The number of aryl methyl sites for hydroxylation is 1. The summed E-state index contributed by atoms with van der Waals surface area (Å²) >= 11 is 0. The molecule has 0 radical (unpaired) electrons. The average Bonchev–Trinajstić information content (AvgIpc) is 3.33. The number of carbonyl (C=O) groups excluding carboxylic acids is 2. The van der Waals surface area contributed by atoms with E-state index in [9.17, 15) is 9.59 Å². The van der Waals surface area contributed by atoms with Crippen LogP contribution < -0.4 is 16.0 Å². The third-order valence-electron chi connectivity index (χ3n) is 5.03. The summed E-state index contributed by atoms with van der Waals surface area (Å²) in [7, 11) is 1.57. The monoisotopic (exact) mass is 370 g/mol. The molecule has 3 rings (SSSR count). The number of anilines is 1. The molecule has 2 aromatic rings. The number of aromatic nitrogens is 3. The normalized spacial score (nSPS) is 15.4. The summed E-state index contributed by atoms with van der Waals surface area (Å²) in [5, 5.41) is 16.5. The van der Waals surface area contributed by atoms with E-state index >= 15 is 0 Å². The molecule has 3 amide bonds. The molecule has 1 fully saturated rings. The van der Waals surface area contributed by atoms with Crippen molar-refractivity contribution in [3.8, 4) is 0 Å². The van der Waals surface area contributed by atoms with E-state index in [0.717, 1.165) is 24.2 Å². The van der Waals surface area contributed by atoms with Gasteiger partial charge in [0.05, 0.1) is 6.04 Å². The number of rotatable bonds is 5. The highest BCUT2D eigenvalue weighted by Crippen LogP contribution is 2.31. The van der Waals surface area contributed by atoms with Crippen molar-refractivity contribution < 1.29 is 9.59 Å². The molecule has 0 bridgehead atoms. The highest BCUT2D eigenvalue weighted by molar-refractivity contribution is 5.97. The molecule has 0 spiro atoms. The van der Waals surface area contributed by atoms with Gasteiger partial charge in [-0.1, -0.05) is 18.9 Å². The number of carbonyl (C=O) groups is 2. The highest BCUT2D eigenvalue weighted by atomic mass is 16.2. The number of urea groups is 1. The van der Waals surface area contributed by atoms with Crippen molar-refractivity contribution in [1.29, 1.82) is 0 Å². The van der Waals surface area contributed by atoms with Crippen LogP contribution in [0.15, 0.2) is 24.5 Å². The predicted octanol–water partition coefficient (Wildman–Crippen LogP) is 2.94. The van der Waals surface area contributed by atoms with Crippen molar-refractivity contribution in [3.05, 3.63) is 41.5 Å². The maximum Gasteiger partial charge on any atom is 0.319 e.